The van der Waals surface area contributed by atoms with Crippen LogP contribution >= 0.6 is 15.9 Å². The van der Waals surface area contributed by atoms with Gasteiger partial charge in [-0.2, -0.15) is 0 Å². The van der Waals surface area contributed by atoms with Crippen molar-refractivity contribution in [1.82, 2.24) is 9.97 Å². The van der Waals surface area contributed by atoms with E-state index >= 15 is 0 Å². The van der Waals surface area contributed by atoms with Crippen LogP contribution in [0.3, 0.4) is 0 Å². The number of anilines is 1. The standard InChI is InChI=1S/C14H16BrN3O2/c1-10-6-16-14(17-7-10)18-8-11(19)9-20-13-5-3-2-4-12(13)15/h2-7,11,19H,8-9H2,1H3,(H,16,17,18). The van der Waals surface area contributed by atoms with Gasteiger partial charge in [-0.15, -0.1) is 0 Å². The first-order chi connectivity index (χ1) is 9.65. The highest BCUT2D eigenvalue weighted by Crippen LogP contribution is 2.23. The molecule has 106 valence electrons. The summed E-state index contributed by atoms with van der Waals surface area (Å²) in [7, 11) is 0. The van der Waals surface area contributed by atoms with Gasteiger partial charge in [0.1, 0.15) is 18.5 Å². The monoisotopic (exact) mass is 337 g/mol. The lowest BCUT2D eigenvalue weighted by atomic mass is 10.3. The molecule has 20 heavy (non-hydrogen) atoms. The number of benzene rings is 1. The zero-order chi connectivity index (χ0) is 14.4. The Morgan fingerprint density at radius 2 is 2.00 bits per heavy atom. The second-order valence-corrected chi connectivity index (χ2v) is 5.21. The first kappa shape index (κ1) is 14.7. The number of para-hydroxylation sites is 1. The fraction of sp³-hybridized carbons (Fsp3) is 0.286. The van der Waals surface area contributed by atoms with Crippen molar-refractivity contribution >= 4 is 21.9 Å². The quantitative estimate of drug-likeness (QED) is 0.847. The molecule has 1 aromatic heterocycles. The van der Waals surface area contributed by atoms with E-state index in [1.807, 2.05) is 31.2 Å². The third kappa shape index (κ3) is 4.47. The summed E-state index contributed by atoms with van der Waals surface area (Å²) in [4.78, 5) is 8.20. The normalized spacial score (nSPS) is 11.9. The summed E-state index contributed by atoms with van der Waals surface area (Å²) in [6, 6.07) is 7.52. The molecule has 0 radical (unpaired) electrons. The molecule has 0 saturated heterocycles. The topological polar surface area (TPSA) is 67.3 Å². The molecule has 2 N–H and O–H groups in total. The molecule has 5 nitrogen and oxygen atoms in total. The van der Waals surface area contributed by atoms with E-state index in [0.717, 1.165) is 10.0 Å². The number of hydrogen-bond donors (Lipinski definition) is 2. The van der Waals surface area contributed by atoms with Crippen molar-refractivity contribution in [3.8, 4) is 5.75 Å². The first-order valence-electron chi connectivity index (χ1n) is 6.23. The second kappa shape index (κ2) is 7.21. The van der Waals surface area contributed by atoms with Crippen molar-refractivity contribution in [2.45, 2.75) is 13.0 Å². The summed E-state index contributed by atoms with van der Waals surface area (Å²) in [5.74, 6) is 1.20. The summed E-state index contributed by atoms with van der Waals surface area (Å²) in [5.41, 5.74) is 0.994. The molecule has 0 aliphatic carbocycles. The van der Waals surface area contributed by atoms with Crippen molar-refractivity contribution in [2.75, 3.05) is 18.5 Å². The second-order valence-electron chi connectivity index (χ2n) is 4.36. The molecule has 1 atom stereocenters. The van der Waals surface area contributed by atoms with Crippen LogP contribution in [0, 0.1) is 6.92 Å². The lowest BCUT2D eigenvalue weighted by molar-refractivity contribution is 0.117. The summed E-state index contributed by atoms with van der Waals surface area (Å²) in [6.45, 7) is 2.44. The first-order valence-corrected chi connectivity index (χ1v) is 7.02. The zero-order valence-corrected chi connectivity index (χ0v) is 12.7. The van der Waals surface area contributed by atoms with Gasteiger partial charge in [0.05, 0.1) is 4.47 Å². The Kier molecular flexibility index (Phi) is 5.31. The maximum atomic E-state index is 9.86. The highest BCUT2D eigenvalue weighted by Gasteiger charge is 2.07. The van der Waals surface area contributed by atoms with Gasteiger partial charge in [-0.3, -0.25) is 0 Å². The number of aliphatic hydroxyl groups excluding tert-OH is 1. The van der Waals surface area contributed by atoms with Crippen LogP contribution in [-0.4, -0.2) is 34.3 Å². The highest BCUT2D eigenvalue weighted by atomic mass is 79.9. The smallest absolute Gasteiger partial charge is 0.222 e. The lowest BCUT2D eigenvalue weighted by Gasteiger charge is -2.14. The van der Waals surface area contributed by atoms with Gasteiger partial charge in [0.15, 0.2) is 0 Å². The van der Waals surface area contributed by atoms with Crippen LogP contribution in [0.1, 0.15) is 5.56 Å². The van der Waals surface area contributed by atoms with Gasteiger partial charge in [0, 0.05) is 18.9 Å². The molecule has 1 unspecified atom stereocenters. The molecule has 0 aliphatic rings. The van der Waals surface area contributed by atoms with E-state index in [9.17, 15) is 5.11 Å². The van der Waals surface area contributed by atoms with Crippen molar-refractivity contribution < 1.29 is 9.84 Å². The molecule has 2 rings (SSSR count). The van der Waals surface area contributed by atoms with E-state index in [4.69, 9.17) is 4.74 Å². The molecule has 0 bridgehead atoms. The minimum absolute atomic E-state index is 0.196. The number of nitrogens with one attached hydrogen (secondary N) is 1. The molecule has 6 heteroatoms. The maximum Gasteiger partial charge on any atom is 0.222 e. The minimum atomic E-state index is -0.646. The van der Waals surface area contributed by atoms with Gasteiger partial charge in [0.25, 0.3) is 0 Å². The summed E-state index contributed by atoms with van der Waals surface area (Å²) < 4.78 is 6.39. The van der Waals surface area contributed by atoms with Gasteiger partial charge in [-0.25, -0.2) is 9.97 Å². The van der Waals surface area contributed by atoms with E-state index in [2.05, 4.69) is 31.2 Å². The Hall–Kier alpha value is -1.66. The molecule has 1 heterocycles. The number of aryl methyl sites for hydroxylation is 1. The number of aromatic nitrogens is 2. The molecule has 1 aromatic carbocycles. The zero-order valence-electron chi connectivity index (χ0n) is 11.1. The number of halogens is 1. The van der Waals surface area contributed by atoms with Gasteiger partial charge in [0.2, 0.25) is 5.95 Å². The summed E-state index contributed by atoms with van der Waals surface area (Å²) in [5, 5.41) is 12.8. The van der Waals surface area contributed by atoms with Crippen LogP contribution in [0.4, 0.5) is 5.95 Å². The molecule has 0 amide bonds. The largest absolute Gasteiger partial charge is 0.490 e. The Morgan fingerprint density at radius 3 is 2.70 bits per heavy atom. The predicted molar refractivity (Wildman–Crippen MR) is 80.9 cm³/mol. The van der Waals surface area contributed by atoms with Crippen LogP contribution < -0.4 is 10.1 Å². The fourth-order valence-corrected chi connectivity index (χ4v) is 1.90. The Morgan fingerprint density at radius 1 is 1.30 bits per heavy atom. The van der Waals surface area contributed by atoms with Gasteiger partial charge in [-0.1, -0.05) is 12.1 Å². The van der Waals surface area contributed by atoms with Crippen LogP contribution in [0.5, 0.6) is 5.75 Å². The molecule has 0 aliphatic heterocycles. The van der Waals surface area contributed by atoms with Crippen LogP contribution in [0.2, 0.25) is 0 Å². The van der Waals surface area contributed by atoms with E-state index in [-0.39, 0.29) is 6.61 Å². The number of hydrogen-bond acceptors (Lipinski definition) is 5. The number of aliphatic hydroxyl groups is 1. The molecule has 0 spiro atoms. The average Bonchev–Trinajstić information content (AvgIpc) is 2.46. The Labute approximate surface area is 126 Å². The summed E-state index contributed by atoms with van der Waals surface area (Å²) >= 11 is 3.39. The predicted octanol–water partition coefficient (Wildman–Crippen LogP) is 2.40. The van der Waals surface area contributed by atoms with Crippen LogP contribution in [0.25, 0.3) is 0 Å². The Balaban J connectivity index is 1.77. The van der Waals surface area contributed by atoms with E-state index in [1.165, 1.54) is 0 Å². The van der Waals surface area contributed by atoms with Gasteiger partial charge >= 0.3 is 0 Å². The SMILES string of the molecule is Cc1cnc(NCC(O)COc2ccccc2Br)nc1. The van der Waals surface area contributed by atoms with Gasteiger partial charge < -0.3 is 15.2 Å². The fourth-order valence-electron chi connectivity index (χ4n) is 1.50. The third-order valence-corrected chi connectivity index (χ3v) is 3.20. The molecular weight excluding hydrogens is 322 g/mol. The number of rotatable bonds is 6. The molecular formula is C14H16BrN3O2. The minimum Gasteiger partial charge on any atom is -0.490 e. The van der Waals surface area contributed by atoms with Crippen molar-refractivity contribution in [1.29, 1.82) is 0 Å². The van der Waals surface area contributed by atoms with Crippen molar-refractivity contribution in [3.05, 3.63) is 46.7 Å². The summed E-state index contributed by atoms with van der Waals surface area (Å²) in [6.07, 6.45) is 2.80. The van der Waals surface area contributed by atoms with Crippen LogP contribution in [-0.2, 0) is 0 Å². The maximum absolute atomic E-state index is 9.86. The lowest BCUT2D eigenvalue weighted by Crippen LogP contribution is -2.27. The Bertz CT molecular complexity index is 548. The molecule has 0 saturated carbocycles. The van der Waals surface area contributed by atoms with Crippen molar-refractivity contribution in [2.24, 2.45) is 0 Å². The van der Waals surface area contributed by atoms with Crippen molar-refractivity contribution in [3.63, 3.8) is 0 Å². The highest BCUT2D eigenvalue weighted by molar-refractivity contribution is 9.10. The van der Waals surface area contributed by atoms with E-state index < -0.39 is 6.10 Å². The number of ether oxygens (including phenoxy) is 1. The van der Waals surface area contributed by atoms with Gasteiger partial charge in [-0.05, 0) is 40.5 Å². The molecule has 0 fully saturated rings. The molecule has 2 aromatic rings. The van der Waals surface area contributed by atoms with Crippen LogP contribution in [0.15, 0.2) is 41.1 Å². The number of nitrogens with zero attached hydrogens (tertiary/aromatic N) is 2. The third-order valence-electron chi connectivity index (χ3n) is 2.54. The van der Waals surface area contributed by atoms with E-state index in [0.29, 0.717) is 18.2 Å². The average molecular weight is 338 g/mol. The van der Waals surface area contributed by atoms with E-state index in [1.54, 1.807) is 12.4 Å².